The highest BCUT2D eigenvalue weighted by molar-refractivity contribution is 6.37. The summed E-state index contributed by atoms with van der Waals surface area (Å²) in [5.41, 5.74) is 0.182. The van der Waals surface area contributed by atoms with E-state index >= 15 is 0 Å². The highest BCUT2D eigenvalue weighted by Crippen LogP contribution is 2.33. The van der Waals surface area contributed by atoms with Crippen LogP contribution in [0.4, 0.5) is 0 Å². The maximum Gasteiger partial charge on any atom is 0.336 e. The van der Waals surface area contributed by atoms with Crippen LogP contribution in [0.15, 0.2) is 30.3 Å². The first-order chi connectivity index (χ1) is 7.65. The van der Waals surface area contributed by atoms with Gasteiger partial charge >= 0.3 is 5.97 Å². The number of fused-ring (bicyclic) bond motifs is 1. The fraction of sp³-hybridized carbons (Fsp3) is 0.0833. The largest absolute Gasteiger partial charge is 0.496 e. The Balaban J connectivity index is 2.92. The first-order valence-corrected chi connectivity index (χ1v) is 5.01. The van der Waals surface area contributed by atoms with Crippen LogP contribution in [0.2, 0.25) is 5.02 Å². The number of halogens is 1. The van der Waals surface area contributed by atoms with Crippen LogP contribution >= 0.6 is 11.6 Å². The number of rotatable bonds is 2. The van der Waals surface area contributed by atoms with Gasteiger partial charge in [0.1, 0.15) is 5.75 Å². The molecule has 0 saturated carbocycles. The van der Waals surface area contributed by atoms with E-state index in [0.717, 1.165) is 0 Å². The van der Waals surface area contributed by atoms with Crippen LogP contribution in [-0.2, 0) is 0 Å². The van der Waals surface area contributed by atoms with Crippen LogP contribution in [0, 0.1) is 0 Å². The minimum Gasteiger partial charge on any atom is -0.496 e. The van der Waals surface area contributed by atoms with Crippen molar-refractivity contribution in [2.45, 2.75) is 0 Å². The van der Waals surface area contributed by atoms with Gasteiger partial charge in [-0.05, 0) is 18.2 Å². The molecule has 1 N–H and O–H groups in total. The molecule has 0 radical (unpaired) electrons. The molecule has 82 valence electrons. The second kappa shape index (κ2) is 4.02. The molecule has 0 bridgehead atoms. The van der Waals surface area contributed by atoms with Gasteiger partial charge < -0.3 is 9.84 Å². The molecule has 2 rings (SSSR count). The van der Waals surface area contributed by atoms with E-state index in [-0.39, 0.29) is 5.56 Å². The summed E-state index contributed by atoms with van der Waals surface area (Å²) in [6.45, 7) is 0. The Morgan fingerprint density at radius 2 is 2.06 bits per heavy atom. The summed E-state index contributed by atoms with van der Waals surface area (Å²) in [6, 6.07) is 8.33. The maximum atomic E-state index is 11.1. The second-order valence-electron chi connectivity index (χ2n) is 3.28. The van der Waals surface area contributed by atoms with Gasteiger partial charge in [-0.25, -0.2) is 4.79 Å². The van der Waals surface area contributed by atoms with Crippen LogP contribution < -0.4 is 4.74 Å². The molecule has 2 aromatic rings. The van der Waals surface area contributed by atoms with Gasteiger partial charge in [0.25, 0.3) is 0 Å². The number of hydrogen-bond donors (Lipinski definition) is 1. The number of aromatic carboxylic acids is 1. The summed E-state index contributed by atoms with van der Waals surface area (Å²) in [5.74, 6) is -0.386. The standard InChI is InChI=1S/C12H9ClO3/c1-16-10-6-5-8(12(14)15)11-7(10)3-2-4-9(11)13/h2-6H,1H3,(H,14,15). The predicted octanol–water partition coefficient (Wildman–Crippen LogP) is 3.20. The lowest BCUT2D eigenvalue weighted by atomic mass is 10.0. The summed E-state index contributed by atoms with van der Waals surface area (Å²) >= 11 is 6.02. The molecule has 0 aliphatic heterocycles. The number of hydrogen-bond acceptors (Lipinski definition) is 2. The number of methoxy groups -OCH3 is 1. The Labute approximate surface area is 97.2 Å². The van der Waals surface area contributed by atoms with Crippen molar-refractivity contribution in [3.63, 3.8) is 0 Å². The first kappa shape index (κ1) is 10.8. The van der Waals surface area contributed by atoms with Gasteiger partial charge in [-0.2, -0.15) is 0 Å². The zero-order valence-corrected chi connectivity index (χ0v) is 9.28. The van der Waals surface area contributed by atoms with E-state index in [1.54, 1.807) is 24.3 Å². The molecule has 0 aromatic heterocycles. The average Bonchev–Trinajstić information content (AvgIpc) is 2.28. The van der Waals surface area contributed by atoms with E-state index in [1.807, 2.05) is 0 Å². The highest BCUT2D eigenvalue weighted by Gasteiger charge is 2.13. The molecule has 3 nitrogen and oxygen atoms in total. The Morgan fingerprint density at radius 3 is 2.69 bits per heavy atom. The van der Waals surface area contributed by atoms with Crippen molar-refractivity contribution in [3.05, 3.63) is 40.9 Å². The highest BCUT2D eigenvalue weighted by atomic mass is 35.5. The third-order valence-corrected chi connectivity index (χ3v) is 2.72. The normalized spacial score (nSPS) is 10.4. The van der Waals surface area contributed by atoms with E-state index in [2.05, 4.69) is 0 Å². The molecule has 0 fully saturated rings. The van der Waals surface area contributed by atoms with Gasteiger partial charge in [0.05, 0.1) is 12.7 Å². The molecule has 0 atom stereocenters. The third-order valence-electron chi connectivity index (χ3n) is 2.40. The smallest absolute Gasteiger partial charge is 0.336 e. The number of carboxylic acids is 1. The summed E-state index contributed by atoms with van der Waals surface area (Å²) in [4.78, 5) is 11.1. The Hall–Kier alpha value is -1.74. The molecule has 2 aromatic carbocycles. The Bertz CT molecular complexity index is 563. The molecule has 0 spiro atoms. The average molecular weight is 237 g/mol. The van der Waals surface area contributed by atoms with Crippen molar-refractivity contribution in [1.82, 2.24) is 0 Å². The SMILES string of the molecule is COc1ccc(C(=O)O)c2c(Cl)cccc12. The van der Waals surface area contributed by atoms with E-state index in [1.165, 1.54) is 13.2 Å². The van der Waals surface area contributed by atoms with E-state index in [9.17, 15) is 4.79 Å². The van der Waals surface area contributed by atoms with Crippen LogP contribution in [0.3, 0.4) is 0 Å². The fourth-order valence-electron chi connectivity index (χ4n) is 1.69. The minimum absolute atomic E-state index is 0.182. The van der Waals surface area contributed by atoms with Crippen LogP contribution in [0.1, 0.15) is 10.4 Å². The minimum atomic E-state index is -0.999. The topological polar surface area (TPSA) is 46.5 Å². The molecule has 0 aliphatic carbocycles. The molecule has 0 aliphatic rings. The van der Waals surface area contributed by atoms with Gasteiger partial charge in [0, 0.05) is 15.8 Å². The van der Waals surface area contributed by atoms with Crippen LogP contribution in [0.5, 0.6) is 5.75 Å². The summed E-state index contributed by atoms with van der Waals surface area (Å²) < 4.78 is 5.17. The van der Waals surface area contributed by atoms with Gasteiger partial charge in [-0.1, -0.05) is 23.7 Å². The first-order valence-electron chi connectivity index (χ1n) is 4.63. The van der Waals surface area contributed by atoms with Gasteiger partial charge in [0.15, 0.2) is 0 Å². The molecule has 0 saturated heterocycles. The summed E-state index contributed by atoms with van der Waals surface area (Å²) in [6.07, 6.45) is 0. The van der Waals surface area contributed by atoms with E-state index in [4.69, 9.17) is 21.4 Å². The predicted molar refractivity (Wildman–Crippen MR) is 62.5 cm³/mol. The number of carbonyl (C=O) groups is 1. The van der Waals surface area contributed by atoms with Gasteiger partial charge in [-0.15, -0.1) is 0 Å². The molecule has 0 amide bonds. The lowest BCUT2D eigenvalue weighted by Crippen LogP contribution is -1.98. The van der Waals surface area contributed by atoms with Crippen molar-refractivity contribution in [1.29, 1.82) is 0 Å². The fourth-order valence-corrected chi connectivity index (χ4v) is 1.97. The van der Waals surface area contributed by atoms with E-state index in [0.29, 0.717) is 21.5 Å². The van der Waals surface area contributed by atoms with Crippen molar-refractivity contribution < 1.29 is 14.6 Å². The molecular formula is C12H9ClO3. The lowest BCUT2D eigenvalue weighted by molar-refractivity contribution is 0.0699. The number of ether oxygens (including phenoxy) is 1. The van der Waals surface area contributed by atoms with Gasteiger partial charge in [0.2, 0.25) is 0 Å². The second-order valence-corrected chi connectivity index (χ2v) is 3.69. The molecule has 4 heteroatoms. The number of benzene rings is 2. The molecular weight excluding hydrogens is 228 g/mol. The van der Waals surface area contributed by atoms with Crippen molar-refractivity contribution >= 4 is 28.3 Å². The van der Waals surface area contributed by atoms with Crippen molar-refractivity contribution in [2.24, 2.45) is 0 Å². The zero-order valence-electron chi connectivity index (χ0n) is 8.53. The third kappa shape index (κ3) is 1.59. The zero-order chi connectivity index (χ0) is 11.7. The van der Waals surface area contributed by atoms with Crippen molar-refractivity contribution in [2.75, 3.05) is 7.11 Å². The summed E-state index contributed by atoms with van der Waals surface area (Å²) in [7, 11) is 1.54. The lowest BCUT2D eigenvalue weighted by Gasteiger charge is -2.09. The number of carboxylic acid groups (broad SMARTS) is 1. The van der Waals surface area contributed by atoms with Crippen LogP contribution in [-0.4, -0.2) is 18.2 Å². The van der Waals surface area contributed by atoms with Crippen LogP contribution in [0.25, 0.3) is 10.8 Å². The Kier molecular flexibility index (Phi) is 2.71. The molecule has 16 heavy (non-hydrogen) atoms. The summed E-state index contributed by atoms with van der Waals surface area (Å²) in [5, 5.41) is 10.7. The Morgan fingerprint density at radius 1 is 1.31 bits per heavy atom. The van der Waals surface area contributed by atoms with Gasteiger partial charge in [-0.3, -0.25) is 0 Å². The molecule has 0 unspecified atom stereocenters. The van der Waals surface area contributed by atoms with E-state index < -0.39 is 5.97 Å². The quantitative estimate of drug-likeness (QED) is 0.871. The van der Waals surface area contributed by atoms with Crippen molar-refractivity contribution in [3.8, 4) is 5.75 Å². The maximum absolute atomic E-state index is 11.1. The monoisotopic (exact) mass is 236 g/mol. The molecule has 0 heterocycles.